The van der Waals surface area contributed by atoms with Gasteiger partial charge in [-0.05, 0) is 37.1 Å². The van der Waals surface area contributed by atoms with Gasteiger partial charge in [-0.2, -0.15) is 0 Å². The number of carbonyl (C=O) groups excluding carboxylic acids is 1. The number of hydrogen-bond donors (Lipinski definition) is 1. The summed E-state index contributed by atoms with van der Waals surface area (Å²) in [7, 11) is 0. The zero-order valence-corrected chi connectivity index (χ0v) is 16.5. The monoisotopic (exact) mass is 394 g/mol. The molecule has 1 heterocycles. The molecule has 26 heavy (non-hydrogen) atoms. The summed E-state index contributed by atoms with van der Waals surface area (Å²) in [4.78, 5) is 14.6. The highest BCUT2D eigenvalue weighted by Crippen LogP contribution is 2.29. The lowest BCUT2D eigenvalue weighted by atomic mass is 9.95. The Bertz CT molecular complexity index is 755. The van der Waals surface area contributed by atoms with Crippen LogP contribution in [0.15, 0.2) is 48.5 Å². The van der Waals surface area contributed by atoms with Gasteiger partial charge < -0.3 is 15.4 Å². The van der Waals surface area contributed by atoms with Crippen molar-refractivity contribution in [1.29, 1.82) is 0 Å². The van der Waals surface area contributed by atoms with Gasteiger partial charge in [0, 0.05) is 25.0 Å². The van der Waals surface area contributed by atoms with E-state index in [1.165, 1.54) is 5.56 Å². The molecule has 1 fully saturated rings. The number of ether oxygens (including phenoxy) is 1. The standard InChI is InChI=1S/C20H23ClN2O2.ClH/c1-13-8-9-17(21)19(10-13)25-14(2)20(24)23-11-16(18(22)12-23)15-6-4-3-5-7-15;/h3-10,14,16,18H,11-12,22H2,1-2H3;1H/t14?,16-,18+;/m0./s1. The zero-order chi connectivity index (χ0) is 18.0. The molecular formula is C20H24Cl2N2O2. The molecule has 6 heteroatoms. The molecule has 2 N–H and O–H groups in total. The highest BCUT2D eigenvalue weighted by molar-refractivity contribution is 6.32. The van der Waals surface area contributed by atoms with E-state index in [1.54, 1.807) is 17.9 Å². The average Bonchev–Trinajstić information content (AvgIpc) is 3.00. The number of amides is 1. The van der Waals surface area contributed by atoms with Crippen LogP contribution in [0.4, 0.5) is 0 Å². The van der Waals surface area contributed by atoms with Gasteiger partial charge in [0.1, 0.15) is 5.75 Å². The van der Waals surface area contributed by atoms with Crippen LogP contribution < -0.4 is 10.5 Å². The van der Waals surface area contributed by atoms with E-state index in [1.807, 2.05) is 37.3 Å². The maximum atomic E-state index is 12.8. The van der Waals surface area contributed by atoms with Gasteiger partial charge in [0.2, 0.25) is 0 Å². The summed E-state index contributed by atoms with van der Waals surface area (Å²) in [5.41, 5.74) is 8.48. The SMILES string of the molecule is Cc1ccc(Cl)c(OC(C)C(=O)N2C[C@@H](N)[C@H](c3ccccc3)C2)c1.Cl. The van der Waals surface area contributed by atoms with Crippen LogP contribution in [0.1, 0.15) is 24.0 Å². The Morgan fingerprint density at radius 3 is 2.62 bits per heavy atom. The van der Waals surface area contributed by atoms with Gasteiger partial charge in [-0.3, -0.25) is 4.79 Å². The van der Waals surface area contributed by atoms with E-state index >= 15 is 0 Å². The molecule has 1 amide bonds. The predicted octanol–water partition coefficient (Wildman–Crippen LogP) is 3.79. The number of nitrogens with zero attached hydrogens (tertiary/aromatic N) is 1. The van der Waals surface area contributed by atoms with Crippen molar-refractivity contribution < 1.29 is 9.53 Å². The molecule has 1 aliphatic rings. The number of rotatable bonds is 4. The van der Waals surface area contributed by atoms with Crippen molar-refractivity contribution in [2.75, 3.05) is 13.1 Å². The lowest BCUT2D eigenvalue weighted by molar-refractivity contribution is -0.136. The summed E-state index contributed by atoms with van der Waals surface area (Å²) in [5.74, 6) is 0.622. The summed E-state index contributed by atoms with van der Waals surface area (Å²) >= 11 is 6.16. The summed E-state index contributed by atoms with van der Waals surface area (Å²) in [5, 5.41) is 0.505. The summed E-state index contributed by atoms with van der Waals surface area (Å²) in [6, 6.07) is 15.6. The Balaban J connectivity index is 0.00000243. The normalized spacial score (nSPS) is 20.4. The molecule has 0 radical (unpaired) electrons. The van der Waals surface area contributed by atoms with Crippen LogP contribution in [-0.2, 0) is 4.79 Å². The van der Waals surface area contributed by atoms with Crippen molar-refractivity contribution in [2.45, 2.75) is 31.9 Å². The largest absolute Gasteiger partial charge is 0.479 e. The van der Waals surface area contributed by atoms with Gasteiger partial charge in [0.25, 0.3) is 5.91 Å². The van der Waals surface area contributed by atoms with Crippen LogP contribution in [-0.4, -0.2) is 36.0 Å². The third kappa shape index (κ3) is 4.50. The first-order valence-electron chi connectivity index (χ1n) is 8.48. The Morgan fingerprint density at radius 1 is 1.23 bits per heavy atom. The van der Waals surface area contributed by atoms with Crippen LogP contribution in [0.3, 0.4) is 0 Å². The van der Waals surface area contributed by atoms with E-state index in [4.69, 9.17) is 22.1 Å². The van der Waals surface area contributed by atoms with Crippen LogP contribution in [0.25, 0.3) is 0 Å². The molecule has 140 valence electrons. The van der Waals surface area contributed by atoms with Gasteiger partial charge in [0.15, 0.2) is 6.10 Å². The lowest BCUT2D eigenvalue weighted by Crippen LogP contribution is -2.40. The Kier molecular flexibility index (Phi) is 6.93. The van der Waals surface area contributed by atoms with Crippen molar-refractivity contribution in [1.82, 2.24) is 4.90 Å². The first-order chi connectivity index (χ1) is 12.0. The summed E-state index contributed by atoms with van der Waals surface area (Å²) < 4.78 is 5.81. The number of halogens is 2. The maximum absolute atomic E-state index is 12.8. The Labute approximate surface area is 165 Å². The molecule has 0 spiro atoms. The minimum Gasteiger partial charge on any atom is -0.479 e. The number of likely N-dealkylation sites (tertiary alicyclic amines) is 1. The van der Waals surface area contributed by atoms with E-state index in [-0.39, 0.29) is 30.3 Å². The van der Waals surface area contributed by atoms with Gasteiger partial charge in [-0.1, -0.05) is 48.0 Å². The minimum absolute atomic E-state index is 0. The Hall–Kier alpha value is -1.75. The summed E-state index contributed by atoms with van der Waals surface area (Å²) in [6.07, 6.45) is -0.610. The third-order valence-corrected chi connectivity index (χ3v) is 4.95. The molecule has 1 unspecified atom stereocenters. The smallest absolute Gasteiger partial charge is 0.263 e. The maximum Gasteiger partial charge on any atom is 0.263 e. The number of nitrogens with two attached hydrogens (primary N) is 1. The van der Waals surface area contributed by atoms with Gasteiger partial charge in [0.05, 0.1) is 5.02 Å². The van der Waals surface area contributed by atoms with E-state index in [0.29, 0.717) is 23.9 Å². The molecule has 1 aliphatic heterocycles. The van der Waals surface area contributed by atoms with Gasteiger partial charge in [-0.25, -0.2) is 0 Å². The van der Waals surface area contributed by atoms with Crippen LogP contribution in [0.2, 0.25) is 5.02 Å². The van der Waals surface area contributed by atoms with Crippen molar-refractivity contribution in [3.05, 3.63) is 64.7 Å². The number of benzene rings is 2. The molecule has 3 rings (SSSR count). The highest BCUT2D eigenvalue weighted by Gasteiger charge is 2.36. The van der Waals surface area contributed by atoms with Crippen LogP contribution in [0, 0.1) is 6.92 Å². The summed E-state index contributed by atoms with van der Waals surface area (Å²) in [6.45, 7) is 4.86. The quantitative estimate of drug-likeness (QED) is 0.857. The van der Waals surface area contributed by atoms with Crippen molar-refractivity contribution >= 4 is 29.9 Å². The predicted molar refractivity (Wildman–Crippen MR) is 107 cm³/mol. The molecule has 0 bridgehead atoms. The van der Waals surface area contributed by atoms with Crippen molar-refractivity contribution in [3.63, 3.8) is 0 Å². The molecule has 1 saturated heterocycles. The average molecular weight is 395 g/mol. The first kappa shape index (κ1) is 20.6. The van der Waals surface area contributed by atoms with E-state index in [2.05, 4.69) is 12.1 Å². The van der Waals surface area contributed by atoms with Gasteiger partial charge in [-0.15, -0.1) is 12.4 Å². The molecule has 0 saturated carbocycles. The molecule has 2 aromatic rings. The fourth-order valence-corrected chi connectivity index (χ4v) is 3.42. The molecule has 0 aromatic heterocycles. The van der Waals surface area contributed by atoms with Gasteiger partial charge >= 0.3 is 0 Å². The number of aryl methyl sites for hydroxylation is 1. The zero-order valence-electron chi connectivity index (χ0n) is 14.9. The molecular weight excluding hydrogens is 371 g/mol. The second kappa shape index (κ2) is 8.76. The minimum atomic E-state index is -0.610. The molecule has 2 aromatic carbocycles. The lowest BCUT2D eigenvalue weighted by Gasteiger charge is -2.22. The van der Waals surface area contributed by atoms with Crippen molar-refractivity contribution in [2.24, 2.45) is 5.73 Å². The fraction of sp³-hybridized carbons (Fsp3) is 0.350. The number of hydrogen-bond acceptors (Lipinski definition) is 3. The molecule has 3 atom stereocenters. The Morgan fingerprint density at radius 2 is 1.92 bits per heavy atom. The van der Waals surface area contributed by atoms with E-state index < -0.39 is 6.10 Å². The van der Waals surface area contributed by atoms with E-state index in [9.17, 15) is 4.79 Å². The van der Waals surface area contributed by atoms with Crippen LogP contribution in [0.5, 0.6) is 5.75 Å². The second-order valence-electron chi connectivity index (χ2n) is 6.62. The highest BCUT2D eigenvalue weighted by atomic mass is 35.5. The molecule has 4 nitrogen and oxygen atoms in total. The second-order valence-corrected chi connectivity index (χ2v) is 7.03. The third-order valence-electron chi connectivity index (χ3n) is 4.64. The van der Waals surface area contributed by atoms with Crippen molar-refractivity contribution in [3.8, 4) is 5.75 Å². The number of carbonyl (C=O) groups is 1. The van der Waals surface area contributed by atoms with Crippen LogP contribution >= 0.6 is 24.0 Å². The fourth-order valence-electron chi connectivity index (χ4n) is 3.26. The molecule has 0 aliphatic carbocycles. The first-order valence-corrected chi connectivity index (χ1v) is 8.85. The topological polar surface area (TPSA) is 55.6 Å². The van der Waals surface area contributed by atoms with E-state index in [0.717, 1.165) is 5.56 Å².